The van der Waals surface area contributed by atoms with Crippen LogP contribution in [-0.2, 0) is 9.53 Å². The molecular formula is C15H19NO6S. The quantitative estimate of drug-likeness (QED) is 0.462. The molecular weight excluding hydrogens is 322 g/mol. The van der Waals surface area contributed by atoms with Crippen LogP contribution >= 0.6 is 11.8 Å². The van der Waals surface area contributed by atoms with Gasteiger partial charge in [0.15, 0.2) is 17.6 Å². The monoisotopic (exact) mass is 341 g/mol. The summed E-state index contributed by atoms with van der Waals surface area (Å²) in [5.41, 5.74) is -0.669. The minimum absolute atomic E-state index is 0.359. The van der Waals surface area contributed by atoms with E-state index in [4.69, 9.17) is 14.2 Å². The van der Waals surface area contributed by atoms with Crippen LogP contribution in [0.4, 0.5) is 0 Å². The predicted octanol–water partition coefficient (Wildman–Crippen LogP) is 2.46. The average Bonchev–Trinajstić information content (AvgIpc) is 2.84. The number of thioether (sulfide) groups is 1. The number of esters is 1. The number of benzene rings is 1. The number of nitrogens with zero attached hydrogens (tertiary/aromatic N) is 1. The topological polar surface area (TPSA) is 87.9 Å². The molecule has 0 saturated carbocycles. The molecule has 0 radical (unpaired) electrons. The molecule has 0 N–H and O–H groups in total. The Morgan fingerprint density at radius 1 is 1.35 bits per heavy atom. The lowest BCUT2D eigenvalue weighted by molar-refractivity contribution is -0.575. The lowest BCUT2D eigenvalue weighted by Gasteiger charge is -2.27. The van der Waals surface area contributed by atoms with Gasteiger partial charge >= 0.3 is 5.97 Å². The molecule has 1 aliphatic rings. The standard InChI is InChI=1S/C15H19NO6S/c1-9(17)22-13-8-23-14(15(13,2)16(18)19)10-5-6-11(20-3)12(7-10)21-4/h5-7,13-14H,8H2,1-4H3/t13-,14+,15-/m0/s1. The number of hydrogen-bond acceptors (Lipinski definition) is 7. The Labute approximate surface area is 138 Å². The zero-order valence-corrected chi connectivity index (χ0v) is 14.2. The van der Waals surface area contributed by atoms with Gasteiger partial charge in [-0.2, -0.15) is 0 Å². The Balaban J connectivity index is 2.42. The summed E-state index contributed by atoms with van der Waals surface area (Å²) in [7, 11) is 3.04. The number of rotatable bonds is 5. The third kappa shape index (κ3) is 3.08. The van der Waals surface area contributed by atoms with E-state index in [0.29, 0.717) is 17.3 Å². The maximum Gasteiger partial charge on any atom is 0.303 e. The number of methoxy groups -OCH3 is 2. The first-order valence-electron chi connectivity index (χ1n) is 6.99. The Hall–Kier alpha value is -1.96. The van der Waals surface area contributed by atoms with Crippen molar-refractivity contribution in [1.82, 2.24) is 0 Å². The van der Waals surface area contributed by atoms with E-state index in [1.54, 1.807) is 18.2 Å². The van der Waals surface area contributed by atoms with Gasteiger partial charge in [0, 0.05) is 24.5 Å². The Morgan fingerprint density at radius 3 is 2.52 bits per heavy atom. The van der Waals surface area contributed by atoms with Crippen LogP contribution in [0.5, 0.6) is 11.5 Å². The van der Waals surface area contributed by atoms with E-state index in [2.05, 4.69) is 0 Å². The highest BCUT2D eigenvalue weighted by Gasteiger charge is 2.60. The number of ether oxygens (including phenoxy) is 3. The molecule has 23 heavy (non-hydrogen) atoms. The Kier molecular flexibility index (Phi) is 5.03. The summed E-state index contributed by atoms with van der Waals surface area (Å²) in [6.07, 6.45) is -0.780. The molecule has 1 aliphatic heterocycles. The minimum Gasteiger partial charge on any atom is -0.493 e. The number of carbonyl (C=O) groups is 1. The van der Waals surface area contributed by atoms with E-state index in [1.807, 2.05) is 0 Å². The summed E-state index contributed by atoms with van der Waals surface area (Å²) in [6.45, 7) is 2.77. The van der Waals surface area contributed by atoms with Crippen molar-refractivity contribution in [3.8, 4) is 11.5 Å². The first kappa shape index (κ1) is 17.4. The second kappa shape index (κ2) is 6.66. The van der Waals surface area contributed by atoms with Gasteiger partial charge < -0.3 is 14.2 Å². The van der Waals surface area contributed by atoms with Crippen molar-refractivity contribution in [2.45, 2.75) is 30.7 Å². The summed E-state index contributed by atoms with van der Waals surface area (Å²) in [6, 6.07) is 5.22. The zero-order valence-electron chi connectivity index (χ0n) is 13.4. The predicted molar refractivity (Wildman–Crippen MR) is 85.7 cm³/mol. The van der Waals surface area contributed by atoms with Crippen LogP contribution in [0.2, 0.25) is 0 Å². The number of nitro groups is 1. The first-order chi connectivity index (χ1) is 10.8. The molecule has 1 fully saturated rings. The molecule has 0 aromatic heterocycles. The van der Waals surface area contributed by atoms with E-state index in [9.17, 15) is 14.9 Å². The van der Waals surface area contributed by atoms with Crippen molar-refractivity contribution in [2.75, 3.05) is 20.0 Å². The third-order valence-corrected chi connectivity index (χ3v) is 5.59. The van der Waals surface area contributed by atoms with Crippen LogP contribution in [0.15, 0.2) is 18.2 Å². The molecule has 1 aromatic rings. The molecule has 2 rings (SSSR count). The van der Waals surface area contributed by atoms with Gasteiger partial charge in [0.25, 0.3) is 5.54 Å². The first-order valence-corrected chi connectivity index (χ1v) is 8.04. The molecule has 0 spiro atoms. The second-order valence-corrected chi connectivity index (χ2v) is 6.55. The van der Waals surface area contributed by atoms with Crippen LogP contribution in [0.25, 0.3) is 0 Å². The van der Waals surface area contributed by atoms with Gasteiger partial charge in [-0.25, -0.2) is 0 Å². The maximum absolute atomic E-state index is 11.7. The number of hydrogen-bond donors (Lipinski definition) is 0. The van der Waals surface area contributed by atoms with Gasteiger partial charge in [-0.3, -0.25) is 14.9 Å². The molecule has 0 amide bonds. The molecule has 1 aromatic carbocycles. The SMILES string of the molecule is COc1ccc([C@H]2SC[C@H](OC(C)=O)[C@]2(C)[N+](=O)[O-])cc1OC. The van der Waals surface area contributed by atoms with Crippen molar-refractivity contribution in [1.29, 1.82) is 0 Å². The molecule has 0 bridgehead atoms. The number of carbonyl (C=O) groups excluding carboxylic acids is 1. The van der Waals surface area contributed by atoms with Gasteiger partial charge in [0.05, 0.1) is 14.2 Å². The largest absolute Gasteiger partial charge is 0.493 e. The van der Waals surface area contributed by atoms with Gasteiger partial charge in [0.1, 0.15) is 5.25 Å². The van der Waals surface area contributed by atoms with E-state index >= 15 is 0 Å². The van der Waals surface area contributed by atoms with Crippen LogP contribution in [0.3, 0.4) is 0 Å². The molecule has 1 heterocycles. The van der Waals surface area contributed by atoms with Crippen molar-refractivity contribution >= 4 is 17.7 Å². The van der Waals surface area contributed by atoms with Crippen LogP contribution < -0.4 is 9.47 Å². The highest BCUT2D eigenvalue weighted by atomic mass is 32.2. The fraction of sp³-hybridized carbons (Fsp3) is 0.533. The Bertz CT molecular complexity index is 622. The van der Waals surface area contributed by atoms with E-state index in [-0.39, 0.29) is 4.92 Å². The van der Waals surface area contributed by atoms with Crippen LogP contribution in [0, 0.1) is 10.1 Å². The second-order valence-electron chi connectivity index (χ2n) is 5.41. The normalized spacial score (nSPS) is 26.6. The van der Waals surface area contributed by atoms with Crippen molar-refractivity contribution < 1.29 is 23.9 Å². The summed E-state index contributed by atoms with van der Waals surface area (Å²) >= 11 is 1.40. The van der Waals surface area contributed by atoms with Crippen molar-refractivity contribution in [2.24, 2.45) is 0 Å². The smallest absolute Gasteiger partial charge is 0.303 e. The average molecular weight is 341 g/mol. The van der Waals surface area contributed by atoms with Crippen LogP contribution in [0.1, 0.15) is 24.7 Å². The summed E-state index contributed by atoms with van der Waals surface area (Å²) in [4.78, 5) is 22.6. The lowest BCUT2D eigenvalue weighted by atomic mass is 9.88. The zero-order chi connectivity index (χ0) is 17.2. The van der Waals surface area contributed by atoms with E-state index in [1.165, 1.54) is 39.8 Å². The summed E-state index contributed by atoms with van der Waals surface area (Å²) in [5.74, 6) is 0.915. The fourth-order valence-corrected chi connectivity index (χ4v) is 4.39. The van der Waals surface area contributed by atoms with Gasteiger partial charge in [0.2, 0.25) is 0 Å². The highest BCUT2D eigenvalue weighted by molar-refractivity contribution is 7.99. The van der Waals surface area contributed by atoms with Crippen molar-refractivity contribution in [3.63, 3.8) is 0 Å². The van der Waals surface area contributed by atoms with Gasteiger partial charge in [-0.05, 0) is 17.7 Å². The molecule has 0 unspecified atom stereocenters. The maximum atomic E-state index is 11.7. The lowest BCUT2D eigenvalue weighted by Crippen LogP contribution is -2.49. The summed E-state index contributed by atoms with van der Waals surface area (Å²) < 4.78 is 15.6. The third-order valence-electron chi connectivity index (χ3n) is 4.01. The van der Waals surface area contributed by atoms with Gasteiger partial charge in [-0.1, -0.05) is 6.07 Å². The van der Waals surface area contributed by atoms with Crippen LogP contribution in [-0.4, -0.2) is 42.5 Å². The fourth-order valence-electron chi connectivity index (χ4n) is 2.71. The van der Waals surface area contributed by atoms with Crippen molar-refractivity contribution in [3.05, 3.63) is 33.9 Å². The molecule has 1 saturated heterocycles. The Morgan fingerprint density at radius 2 is 2.00 bits per heavy atom. The van der Waals surface area contributed by atoms with E-state index < -0.39 is 22.9 Å². The minimum atomic E-state index is -1.41. The molecule has 0 aliphatic carbocycles. The highest BCUT2D eigenvalue weighted by Crippen LogP contribution is 2.51. The molecule has 3 atom stereocenters. The van der Waals surface area contributed by atoms with E-state index in [0.717, 1.165) is 5.56 Å². The molecule has 8 heteroatoms. The molecule has 7 nitrogen and oxygen atoms in total. The summed E-state index contributed by atoms with van der Waals surface area (Å²) in [5, 5.41) is 11.3. The van der Waals surface area contributed by atoms with Gasteiger partial charge in [-0.15, -0.1) is 11.8 Å². The molecule has 126 valence electrons.